The van der Waals surface area contributed by atoms with Crippen molar-refractivity contribution in [1.82, 2.24) is 10.6 Å². The molecule has 2 aliphatic rings. The van der Waals surface area contributed by atoms with Crippen LogP contribution in [0.1, 0.15) is 32.1 Å². The van der Waals surface area contributed by atoms with E-state index in [-0.39, 0.29) is 17.6 Å². The standard InChI is InChI=1S/C18H25F2N3O/c19-15-2-1-3-16(20)18(15)23-11-8-14(12-23)22-17(24)5-4-13-6-9-21-10-7-13/h1-3,13-14,21H,4-12H2,(H,22,24). The molecule has 1 unspecified atom stereocenters. The van der Waals surface area contributed by atoms with Gasteiger partial charge < -0.3 is 15.5 Å². The highest BCUT2D eigenvalue weighted by Crippen LogP contribution is 2.27. The second-order valence-electron chi connectivity index (χ2n) is 6.80. The number of amides is 1. The fraction of sp³-hybridized carbons (Fsp3) is 0.611. The molecule has 1 atom stereocenters. The Kier molecular flexibility index (Phi) is 5.66. The van der Waals surface area contributed by atoms with Gasteiger partial charge in [-0.2, -0.15) is 0 Å². The molecule has 2 aliphatic heterocycles. The fourth-order valence-corrected chi connectivity index (χ4v) is 3.68. The summed E-state index contributed by atoms with van der Waals surface area (Å²) in [6, 6.07) is 3.86. The van der Waals surface area contributed by atoms with E-state index in [0.717, 1.165) is 32.4 Å². The van der Waals surface area contributed by atoms with Crippen LogP contribution in [0.15, 0.2) is 18.2 Å². The van der Waals surface area contributed by atoms with E-state index in [0.29, 0.717) is 31.8 Å². The summed E-state index contributed by atoms with van der Waals surface area (Å²) in [7, 11) is 0. The molecule has 0 spiro atoms. The minimum Gasteiger partial charge on any atom is -0.365 e. The number of halogens is 2. The van der Waals surface area contributed by atoms with Gasteiger partial charge in [0, 0.05) is 25.6 Å². The van der Waals surface area contributed by atoms with Gasteiger partial charge in [0.1, 0.15) is 17.3 Å². The molecule has 1 aromatic carbocycles. The number of nitrogens with zero attached hydrogens (tertiary/aromatic N) is 1. The SMILES string of the molecule is O=C(CCC1CCNCC1)NC1CCN(c2c(F)cccc2F)C1. The van der Waals surface area contributed by atoms with Gasteiger partial charge in [0.15, 0.2) is 0 Å². The highest BCUT2D eigenvalue weighted by molar-refractivity contribution is 5.76. The molecule has 2 N–H and O–H groups in total. The van der Waals surface area contributed by atoms with E-state index >= 15 is 0 Å². The average molecular weight is 337 g/mol. The summed E-state index contributed by atoms with van der Waals surface area (Å²) in [5.74, 6) is -0.417. The summed E-state index contributed by atoms with van der Waals surface area (Å²) < 4.78 is 27.7. The van der Waals surface area contributed by atoms with Crippen LogP contribution in [0, 0.1) is 17.6 Å². The van der Waals surface area contributed by atoms with Crippen molar-refractivity contribution in [1.29, 1.82) is 0 Å². The molecule has 3 rings (SSSR count). The van der Waals surface area contributed by atoms with Gasteiger partial charge in [-0.1, -0.05) is 6.07 Å². The van der Waals surface area contributed by atoms with Gasteiger partial charge in [-0.05, 0) is 56.8 Å². The van der Waals surface area contributed by atoms with Crippen LogP contribution in [0.5, 0.6) is 0 Å². The molecule has 6 heteroatoms. The first-order valence-electron chi connectivity index (χ1n) is 8.82. The van der Waals surface area contributed by atoms with Gasteiger partial charge in [0.05, 0.1) is 0 Å². The number of benzene rings is 1. The fourth-order valence-electron chi connectivity index (χ4n) is 3.68. The van der Waals surface area contributed by atoms with Gasteiger partial charge in [0.2, 0.25) is 5.91 Å². The summed E-state index contributed by atoms with van der Waals surface area (Å²) in [6.45, 7) is 3.09. The van der Waals surface area contributed by atoms with Crippen LogP contribution in [0.3, 0.4) is 0 Å². The minimum atomic E-state index is -0.548. The van der Waals surface area contributed by atoms with E-state index in [1.165, 1.54) is 18.2 Å². The van der Waals surface area contributed by atoms with E-state index in [2.05, 4.69) is 10.6 Å². The minimum absolute atomic E-state index is 0.0176. The van der Waals surface area contributed by atoms with Gasteiger partial charge in [-0.25, -0.2) is 8.78 Å². The lowest BCUT2D eigenvalue weighted by Gasteiger charge is -2.23. The molecule has 24 heavy (non-hydrogen) atoms. The number of nitrogens with one attached hydrogen (secondary N) is 2. The molecule has 0 saturated carbocycles. The third-order valence-corrected chi connectivity index (χ3v) is 5.05. The molecular weight excluding hydrogens is 312 g/mol. The Morgan fingerprint density at radius 2 is 1.92 bits per heavy atom. The van der Waals surface area contributed by atoms with Gasteiger partial charge in [0.25, 0.3) is 0 Å². The van der Waals surface area contributed by atoms with Crippen molar-refractivity contribution in [2.45, 2.75) is 38.1 Å². The summed E-state index contributed by atoms with van der Waals surface area (Å²) in [5.41, 5.74) is 0.0176. The van der Waals surface area contributed by atoms with Crippen LogP contribution in [0.4, 0.5) is 14.5 Å². The molecule has 4 nitrogen and oxygen atoms in total. The maximum Gasteiger partial charge on any atom is 0.220 e. The Morgan fingerprint density at radius 1 is 1.21 bits per heavy atom. The third kappa shape index (κ3) is 4.23. The number of carbonyl (C=O) groups excluding carboxylic acids is 1. The Morgan fingerprint density at radius 3 is 2.62 bits per heavy atom. The molecule has 1 amide bonds. The quantitative estimate of drug-likeness (QED) is 0.867. The summed E-state index contributed by atoms with van der Waals surface area (Å²) in [6.07, 6.45) is 4.45. The van der Waals surface area contributed by atoms with E-state index in [1.54, 1.807) is 4.90 Å². The van der Waals surface area contributed by atoms with Crippen LogP contribution >= 0.6 is 0 Å². The lowest BCUT2D eigenvalue weighted by atomic mass is 9.93. The molecule has 0 aliphatic carbocycles. The zero-order valence-electron chi connectivity index (χ0n) is 13.9. The van der Waals surface area contributed by atoms with Gasteiger partial charge in [-0.3, -0.25) is 4.79 Å². The smallest absolute Gasteiger partial charge is 0.220 e. The highest BCUT2D eigenvalue weighted by atomic mass is 19.1. The predicted octanol–water partition coefficient (Wildman–Crippen LogP) is 2.44. The van der Waals surface area contributed by atoms with Crippen molar-refractivity contribution in [2.24, 2.45) is 5.92 Å². The summed E-state index contributed by atoms with van der Waals surface area (Å²) >= 11 is 0. The van der Waals surface area contributed by atoms with Gasteiger partial charge >= 0.3 is 0 Å². The number of piperidine rings is 1. The van der Waals surface area contributed by atoms with E-state index < -0.39 is 11.6 Å². The third-order valence-electron chi connectivity index (χ3n) is 5.05. The van der Waals surface area contributed by atoms with Gasteiger partial charge in [-0.15, -0.1) is 0 Å². The predicted molar refractivity (Wildman–Crippen MR) is 89.9 cm³/mol. The maximum atomic E-state index is 13.8. The van der Waals surface area contributed by atoms with Crippen LogP contribution in [0.25, 0.3) is 0 Å². The lowest BCUT2D eigenvalue weighted by molar-refractivity contribution is -0.122. The van der Waals surface area contributed by atoms with Crippen LogP contribution in [-0.2, 0) is 4.79 Å². The van der Waals surface area contributed by atoms with E-state index in [9.17, 15) is 13.6 Å². The number of rotatable bonds is 5. The summed E-state index contributed by atoms with van der Waals surface area (Å²) in [5, 5.41) is 6.34. The van der Waals surface area contributed by atoms with Crippen LogP contribution in [0.2, 0.25) is 0 Å². The molecule has 1 aromatic rings. The second-order valence-corrected chi connectivity index (χ2v) is 6.80. The van der Waals surface area contributed by atoms with Crippen molar-refractivity contribution in [3.63, 3.8) is 0 Å². The second kappa shape index (κ2) is 7.92. The van der Waals surface area contributed by atoms with Crippen molar-refractivity contribution in [3.05, 3.63) is 29.8 Å². The Labute approximate surface area is 141 Å². The van der Waals surface area contributed by atoms with Crippen molar-refractivity contribution < 1.29 is 13.6 Å². The van der Waals surface area contributed by atoms with Crippen LogP contribution < -0.4 is 15.5 Å². The number of para-hydroxylation sites is 1. The van der Waals surface area contributed by atoms with Crippen molar-refractivity contribution in [2.75, 3.05) is 31.1 Å². The zero-order chi connectivity index (χ0) is 16.9. The van der Waals surface area contributed by atoms with E-state index in [4.69, 9.17) is 0 Å². The maximum absolute atomic E-state index is 13.8. The zero-order valence-corrected chi connectivity index (χ0v) is 13.9. The topological polar surface area (TPSA) is 44.4 Å². The Balaban J connectivity index is 1.46. The molecule has 2 fully saturated rings. The van der Waals surface area contributed by atoms with Crippen molar-refractivity contribution in [3.8, 4) is 0 Å². The molecule has 2 saturated heterocycles. The molecule has 2 heterocycles. The largest absolute Gasteiger partial charge is 0.365 e. The molecule has 132 valence electrons. The average Bonchev–Trinajstić information content (AvgIpc) is 3.02. The number of hydrogen-bond donors (Lipinski definition) is 2. The number of carbonyl (C=O) groups is 1. The molecule has 0 bridgehead atoms. The highest BCUT2D eigenvalue weighted by Gasteiger charge is 2.27. The first kappa shape index (κ1) is 17.1. The van der Waals surface area contributed by atoms with E-state index in [1.807, 2.05) is 0 Å². The normalized spacial score (nSPS) is 21.9. The van der Waals surface area contributed by atoms with Crippen molar-refractivity contribution >= 4 is 11.6 Å². The first-order chi connectivity index (χ1) is 11.6. The summed E-state index contributed by atoms with van der Waals surface area (Å²) in [4.78, 5) is 13.8. The monoisotopic (exact) mass is 337 g/mol. The molecule has 0 radical (unpaired) electrons. The Bertz CT molecular complexity index is 555. The van der Waals surface area contributed by atoms with Crippen LogP contribution in [-0.4, -0.2) is 38.1 Å². The molecule has 0 aromatic heterocycles. The number of anilines is 1. The lowest BCUT2D eigenvalue weighted by Crippen LogP contribution is -2.37. The Hall–Kier alpha value is -1.69. The molecular formula is C18H25F2N3O. The number of hydrogen-bond acceptors (Lipinski definition) is 3. The first-order valence-corrected chi connectivity index (χ1v) is 8.82.